The van der Waals surface area contributed by atoms with Crippen molar-refractivity contribution in [3.8, 4) is 5.75 Å². The first-order valence-electron chi connectivity index (χ1n) is 10.3. The number of hydrogen-bond acceptors (Lipinski definition) is 3. The third-order valence-electron chi connectivity index (χ3n) is 5.39. The fourth-order valence-corrected chi connectivity index (χ4v) is 3.57. The summed E-state index contributed by atoms with van der Waals surface area (Å²) in [5.74, 6) is 0.843. The summed E-state index contributed by atoms with van der Waals surface area (Å²) in [5.41, 5.74) is 3.31. The zero-order valence-electron chi connectivity index (χ0n) is 17.3. The number of rotatable bonds is 7. The molecule has 154 valence electrons. The second-order valence-electron chi connectivity index (χ2n) is 7.77. The molecule has 1 aliphatic heterocycles. The highest BCUT2D eigenvalue weighted by atomic mass is 16.5. The van der Waals surface area contributed by atoms with E-state index >= 15 is 0 Å². The first-order chi connectivity index (χ1) is 14.0. The molecule has 1 heterocycles. The van der Waals surface area contributed by atoms with Gasteiger partial charge in [0.2, 0.25) is 5.91 Å². The predicted molar refractivity (Wildman–Crippen MR) is 114 cm³/mol. The van der Waals surface area contributed by atoms with E-state index in [2.05, 4.69) is 5.32 Å². The van der Waals surface area contributed by atoms with Crippen LogP contribution in [0.15, 0.2) is 48.5 Å². The van der Waals surface area contributed by atoms with Gasteiger partial charge in [0.25, 0.3) is 5.91 Å². The number of ether oxygens (including phenoxy) is 1. The smallest absolute Gasteiger partial charge is 0.260 e. The van der Waals surface area contributed by atoms with Gasteiger partial charge in [-0.25, -0.2) is 0 Å². The van der Waals surface area contributed by atoms with Gasteiger partial charge in [0.1, 0.15) is 5.75 Å². The van der Waals surface area contributed by atoms with Crippen molar-refractivity contribution in [2.24, 2.45) is 0 Å². The normalized spacial score (nSPS) is 14.5. The van der Waals surface area contributed by atoms with Crippen LogP contribution in [0.1, 0.15) is 36.0 Å². The summed E-state index contributed by atoms with van der Waals surface area (Å²) in [7, 11) is 0. The molecule has 2 aromatic rings. The van der Waals surface area contributed by atoms with Crippen molar-refractivity contribution in [2.45, 2.75) is 45.6 Å². The molecule has 0 atom stereocenters. The van der Waals surface area contributed by atoms with Gasteiger partial charge >= 0.3 is 0 Å². The Morgan fingerprint density at radius 3 is 2.52 bits per heavy atom. The first kappa shape index (κ1) is 20.9. The molecule has 2 amide bonds. The maximum atomic E-state index is 12.5. The average Bonchev–Trinajstić information content (AvgIpc) is 2.74. The Labute approximate surface area is 173 Å². The zero-order chi connectivity index (χ0) is 20.6. The molecule has 0 spiro atoms. The number of amides is 2. The largest absolute Gasteiger partial charge is 0.483 e. The lowest BCUT2D eigenvalue weighted by molar-refractivity contribution is -0.134. The highest BCUT2D eigenvalue weighted by Crippen LogP contribution is 2.19. The molecule has 5 nitrogen and oxygen atoms in total. The minimum atomic E-state index is -0.000222. The van der Waals surface area contributed by atoms with E-state index < -0.39 is 0 Å². The number of carbonyl (C=O) groups is 2. The summed E-state index contributed by atoms with van der Waals surface area (Å²) in [6, 6.07) is 16.2. The summed E-state index contributed by atoms with van der Waals surface area (Å²) in [4.78, 5) is 26.5. The Morgan fingerprint density at radius 2 is 1.79 bits per heavy atom. The van der Waals surface area contributed by atoms with Crippen LogP contribution in [0, 0.1) is 13.8 Å². The van der Waals surface area contributed by atoms with Gasteiger partial charge < -0.3 is 15.0 Å². The van der Waals surface area contributed by atoms with Crippen LogP contribution in [-0.2, 0) is 16.0 Å². The Kier molecular flexibility index (Phi) is 7.28. The van der Waals surface area contributed by atoms with E-state index in [0.717, 1.165) is 36.1 Å². The molecule has 0 bridgehead atoms. The van der Waals surface area contributed by atoms with Crippen molar-refractivity contribution in [1.82, 2.24) is 10.2 Å². The standard InChI is InChI=1S/C24H30N2O3/c1-18-8-9-19(2)22(16-18)29-17-24(28)26-14-12-21(13-15-26)25-23(27)11-10-20-6-4-3-5-7-20/h3-9,16,21H,10-15,17H2,1-2H3,(H,25,27). The molecule has 0 radical (unpaired) electrons. The second kappa shape index (κ2) is 10.1. The Morgan fingerprint density at radius 1 is 1.07 bits per heavy atom. The maximum absolute atomic E-state index is 12.5. The number of hydrogen-bond donors (Lipinski definition) is 1. The van der Waals surface area contributed by atoms with Crippen molar-refractivity contribution >= 4 is 11.8 Å². The molecule has 5 heteroatoms. The monoisotopic (exact) mass is 394 g/mol. The summed E-state index contributed by atoms with van der Waals surface area (Å²) in [6.45, 7) is 5.34. The molecule has 29 heavy (non-hydrogen) atoms. The third kappa shape index (κ3) is 6.34. The molecule has 1 aliphatic rings. The van der Waals surface area contributed by atoms with Gasteiger partial charge in [-0.05, 0) is 55.9 Å². The number of likely N-dealkylation sites (tertiary alicyclic amines) is 1. The molecule has 0 aromatic heterocycles. The quantitative estimate of drug-likeness (QED) is 0.783. The Bertz CT molecular complexity index is 827. The highest BCUT2D eigenvalue weighted by Gasteiger charge is 2.24. The number of piperidine rings is 1. The van der Waals surface area contributed by atoms with E-state index in [0.29, 0.717) is 19.5 Å². The van der Waals surface area contributed by atoms with E-state index in [-0.39, 0.29) is 24.5 Å². The fraction of sp³-hybridized carbons (Fsp3) is 0.417. The minimum Gasteiger partial charge on any atom is -0.483 e. The van der Waals surface area contributed by atoms with Gasteiger partial charge in [0.15, 0.2) is 6.61 Å². The SMILES string of the molecule is Cc1ccc(C)c(OCC(=O)N2CCC(NC(=O)CCc3ccccc3)CC2)c1. The Balaban J connectivity index is 1.37. The van der Waals surface area contributed by atoms with E-state index in [1.165, 1.54) is 5.56 Å². The van der Waals surface area contributed by atoms with Gasteiger partial charge in [0, 0.05) is 25.6 Å². The lowest BCUT2D eigenvalue weighted by atomic mass is 10.0. The number of nitrogens with zero attached hydrogens (tertiary/aromatic N) is 1. The summed E-state index contributed by atoms with van der Waals surface area (Å²) in [6.07, 6.45) is 2.81. The lowest BCUT2D eigenvalue weighted by Crippen LogP contribution is -2.47. The summed E-state index contributed by atoms with van der Waals surface area (Å²) < 4.78 is 5.74. The molecule has 0 aliphatic carbocycles. The van der Waals surface area contributed by atoms with Gasteiger partial charge in [-0.2, -0.15) is 0 Å². The van der Waals surface area contributed by atoms with Crippen molar-refractivity contribution in [2.75, 3.05) is 19.7 Å². The van der Waals surface area contributed by atoms with E-state index in [4.69, 9.17) is 4.74 Å². The number of carbonyl (C=O) groups excluding carboxylic acids is 2. The van der Waals surface area contributed by atoms with E-state index in [9.17, 15) is 9.59 Å². The maximum Gasteiger partial charge on any atom is 0.260 e. The third-order valence-corrected chi connectivity index (χ3v) is 5.39. The van der Waals surface area contributed by atoms with Gasteiger partial charge in [-0.3, -0.25) is 9.59 Å². The molecule has 0 unspecified atom stereocenters. The average molecular weight is 395 g/mol. The van der Waals surface area contributed by atoms with Crippen LogP contribution in [0.2, 0.25) is 0 Å². The van der Waals surface area contributed by atoms with Crippen molar-refractivity contribution in [3.63, 3.8) is 0 Å². The first-order valence-corrected chi connectivity index (χ1v) is 10.3. The van der Waals surface area contributed by atoms with Crippen LogP contribution in [-0.4, -0.2) is 42.5 Å². The van der Waals surface area contributed by atoms with E-state index in [1.54, 1.807) is 0 Å². The van der Waals surface area contributed by atoms with Crippen LogP contribution < -0.4 is 10.1 Å². The number of benzene rings is 2. The Hall–Kier alpha value is -2.82. The molecular formula is C24H30N2O3. The highest BCUT2D eigenvalue weighted by molar-refractivity contribution is 5.78. The molecule has 2 aromatic carbocycles. The van der Waals surface area contributed by atoms with Crippen LogP contribution in [0.25, 0.3) is 0 Å². The summed E-state index contributed by atoms with van der Waals surface area (Å²) in [5, 5.41) is 3.11. The van der Waals surface area contributed by atoms with Gasteiger partial charge in [-0.1, -0.05) is 42.5 Å². The van der Waals surface area contributed by atoms with Crippen molar-refractivity contribution < 1.29 is 14.3 Å². The van der Waals surface area contributed by atoms with Gasteiger partial charge in [-0.15, -0.1) is 0 Å². The zero-order valence-corrected chi connectivity index (χ0v) is 17.3. The molecule has 0 saturated carbocycles. The van der Waals surface area contributed by atoms with Gasteiger partial charge in [0.05, 0.1) is 0 Å². The second-order valence-corrected chi connectivity index (χ2v) is 7.77. The number of aryl methyl sites for hydroxylation is 3. The molecule has 1 N–H and O–H groups in total. The van der Waals surface area contributed by atoms with Crippen LogP contribution in [0.3, 0.4) is 0 Å². The van der Waals surface area contributed by atoms with E-state index in [1.807, 2.05) is 67.3 Å². The lowest BCUT2D eigenvalue weighted by Gasteiger charge is -2.32. The van der Waals surface area contributed by atoms with Crippen LogP contribution >= 0.6 is 0 Å². The number of nitrogens with one attached hydrogen (secondary N) is 1. The molecule has 3 rings (SSSR count). The summed E-state index contributed by atoms with van der Waals surface area (Å²) >= 11 is 0. The molecule has 1 saturated heterocycles. The minimum absolute atomic E-state index is 0.000222. The molecule has 1 fully saturated rings. The predicted octanol–water partition coefficient (Wildman–Crippen LogP) is 3.42. The van der Waals surface area contributed by atoms with Crippen LogP contribution in [0.4, 0.5) is 0 Å². The van der Waals surface area contributed by atoms with Crippen molar-refractivity contribution in [1.29, 1.82) is 0 Å². The van der Waals surface area contributed by atoms with Crippen molar-refractivity contribution in [3.05, 3.63) is 65.2 Å². The molecular weight excluding hydrogens is 364 g/mol. The fourth-order valence-electron chi connectivity index (χ4n) is 3.57. The van der Waals surface area contributed by atoms with Crippen LogP contribution in [0.5, 0.6) is 5.75 Å². The topological polar surface area (TPSA) is 58.6 Å².